The Balaban J connectivity index is 1.60. The van der Waals surface area contributed by atoms with Crippen LogP contribution in [0.15, 0.2) is 64.2 Å². The predicted octanol–water partition coefficient (Wildman–Crippen LogP) is 4.33. The van der Waals surface area contributed by atoms with Gasteiger partial charge in [0.2, 0.25) is 0 Å². The van der Waals surface area contributed by atoms with Crippen molar-refractivity contribution >= 4 is 62.1 Å². The lowest BCUT2D eigenvalue weighted by Crippen LogP contribution is -2.28. The number of para-hydroxylation sites is 1. The molecule has 0 aliphatic heterocycles. The van der Waals surface area contributed by atoms with Crippen molar-refractivity contribution in [2.75, 3.05) is 11.3 Å². The van der Waals surface area contributed by atoms with E-state index in [2.05, 4.69) is 10.0 Å². The topological polar surface area (TPSA) is 102 Å². The maximum atomic E-state index is 12.4. The minimum absolute atomic E-state index is 0.0174. The highest BCUT2D eigenvalue weighted by Crippen LogP contribution is 2.23. The lowest BCUT2D eigenvalue weighted by molar-refractivity contribution is -0.124. The van der Waals surface area contributed by atoms with Gasteiger partial charge in [0.15, 0.2) is 6.61 Å². The number of thiophene rings is 1. The van der Waals surface area contributed by atoms with E-state index in [1.165, 1.54) is 18.2 Å². The van der Waals surface area contributed by atoms with Gasteiger partial charge in [0.1, 0.15) is 4.21 Å². The molecule has 2 N–H and O–H groups in total. The number of carbonyl (C=O) groups excluding carboxylic acids is 2. The largest absolute Gasteiger partial charge is 0.452 e. The van der Waals surface area contributed by atoms with Crippen molar-refractivity contribution in [1.82, 2.24) is 5.32 Å². The molecule has 0 radical (unpaired) electrons. The zero-order valence-electron chi connectivity index (χ0n) is 15.8. The van der Waals surface area contributed by atoms with E-state index in [0.29, 0.717) is 15.6 Å². The normalized spacial score (nSPS) is 11.0. The van der Waals surface area contributed by atoms with Gasteiger partial charge in [0, 0.05) is 16.6 Å². The highest BCUT2D eigenvalue weighted by Gasteiger charge is 2.20. The number of carbonyl (C=O) groups is 2. The molecule has 0 saturated carbocycles. The van der Waals surface area contributed by atoms with E-state index < -0.39 is 28.5 Å². The minimum Gasteiger partial charge on any atom is -0.452 e. The second-order valence-electron chi connectivity index (χ2n) is 6.17. The first kappa shape index (κ1) is 23.1. The van der Waals surface area contributed by atoms with Gasteiger partial charge in [-0.25, -0.2) is 13.2 Å². The van der Waals surface area contributed by atoms with Crippen LogP contribution in [-0.2, 0) is 26.1 Å². The summed E-state index contributed by atoms with van der Waals surface area (Å²) in [6.07, 6.45) is 0. The number of nitrogens with one attached hydrogen (secondary N) is 2. The molecule has 0 fully saturated rings. The summed E-state index contributed by atoms with van der Waals surface area (Å²) in [7, 11) is -3.84. The average Bonchev–Trinajstić information content (AvgIpc) is 3.27. The number of anilines is 1. The second kappa shape index (κ2) is 10.1. The molecule has 1 aromatic heterocycles. The zero-order valence-corrected chi connectivity index (χ0v) is 18.9. The first-order chi connectivity index (χ1) is 14.8. The van der Waals surface area contributed by atoms with Crippen LogP contribution in [0.4, 0.5) is 5.69 Å². The smallest absolute Gasteiger partial charge is 0.340 e. The molecule has 3 rings (SSSR count). The van der Waals surface area contributed by atoms with E-state index in [9.17, 15) is 18.0 Å². The molecular formula is C20H16Cl2N2O5S2. The highest BCUT2D eigenvalue weighted by molar-refractivity contribution is 7.94. The van der Waals surface area contributed by atoms with Gasteiger partial charge in [-0.3, -0.25) is 9.52 Å². The van der Waals surface area contributed by atoms with Crippen molar-refractivity contribution in [2.24, 2.45) is 0 Å². The molecule has 0 atom stereocenters. The fourth-order valence-electron chi connectivity index (χ4n) is 2.48. The van der Waals surface area contributed by atoms with Crippen LogP contribution in [0, 0.1) is 0 Å². The number of amides is 1. The molecule has 162 valence electrons. The number of benzene rings is 2. The van der Waals surface area contributed by atoms with E-state index >= 15 is 0 Å². The summed E-state index contributed by atoms with van der Waals surface area (Å²) in [6, 6.07) is 13.9. The summed E-state index contributed by atoms with van der Waals surface area (Å²) >= 11 is 12.9. The molecule has 0 bridgehead atoms. The van der Waals surface area contributed by atoms with Crippen LogP contribution in [0.3, 0.4) is 0 Å². The molecule has 11 heteroatoms. The molecule has 1 heterocycles. The number of sulfonamides is 1. The summed E-state index contributed by atoms with van der Waals surface area (Å²) in [5, 5.41) is 5.09. The molecule has 31 heavy (non-hydrogen) atoms. The first-order valence-corrected chi connectivity index (χ1v) is 11.9. The highest BCUT2D eigenvalue weighted by atomic mass is 35.5. The van der Waals surface area contributed by atoms with Crippen LogP contribution in [-0.4, -0.2) is 26.9 Å². The number of hydrogen-bond acceptors (Lipinski definition) is 6. The van der Waals surface area contributed by atoms with Gasteiger partial charge in [-0.2, -0.15) is 0 Å². The zero-order chi connectivity index (χ0) is 22.4. The van der Waals surface area contributed by atoms with Gasteiger partial charge in [-0.15, -0.1) is 11.3 Å². The van der Waals surface area contributed by atoms with Gasteiger partial charge in [0.25, 0.3) is 15.9 Å². The number of hydrogen-bond donors (Lipinski definition) is 2. The van der Waals surface area contributed by atoms with Crippen LogP contribution >= 0.6 is 34.5 Å². The molecule has 0 aliphatic carbocycles. The lowest BCUT2D eigenvalue weighted by Gasteiger charge is -2.12. The summed E-state index contributed by atoms with van der Waals surface area (Å²) in [4.78, 5) is 24.5. The first-order valence-electron chi connectivity index (χ1n) is 8.79. The van der Waals surface area contributed by atoms with Crippen molar-refractivity contribution in [1.29, 1.82) is 0 Å². The van der Waals surface area contributed by atoms with E-state index in [1.807, 2.05) is 0 Å². The monoisotopic (exact) mass is 498 g/mol. The van der Waals surface area contributed by atoms with Crippen molar-refractivity contribution < 1.29 is 22.7 Å². The Morgan fingerprint density at radius 3 is 2.52 bits per heavy atom. The Bertz CT molecular complexity index is 1200. The third kappa shape index (κ3) is 6.20. The SMILES string of the molecule is O=C(COC(=O)c1ccccc1NS(=O)(=O)c1cccs1)NCc1ccc(Cl)cc1Cl. The Hall–Kier alpha value is -2.59. The molecule has 7 nitrogen and oxygen atoms in total. The van der Waals surface area contributed by atoms with Gasteiger partial charge < -0.3 is 10.1 Å². The quantitative estimate of drug-likeness (QED) is 0.450. The van der Waals surface area contributed by atoms with E-state index in [0.717, 1.165) is 11.3 Å². The molecule has 2 aromatic carbocycles. The number of halogens is 2. The average molecular weight is 499 g/mol. The summed E-state index contributed by atoms with van der Waals surface area (Å²) in [5.41, 5.74) is 0.685. The van der Waals surface area contributed by atoms with E-state index in [4.69, 9.17) is 27.9 Å². The van der Waals surface area contributed by atoms with Crippen LogP contribution in [0.5, 0.6) is 0 Å². The van der Waals surface area contributed by atoms with Crippen molar-refractivity contribution in [2.45, 2.75) is 10.8 Å². The third-order valence-electron chi connectivity index (χ3n) is 3.98. The van der Waals surface area contributed by atoms with Crippen LogP contribution in [0.2, 0.25) is 10.0 Å². The fraction of sp³-hybridized carbons (Fsp3) is 0.100. The summed E-state index contributed by atoms with van der Waals surface area (Å²) < 4.78 is 32.4. The summed E-state index contributed by atoms with van der Waals surface area (Å²) in [6.45, 7) is -0.417. The van der Waals surface area contributed by atoms with Gasteiger partial charge >= 0.3 is 5.97 Å². The maximum absolute atomic E-state index is 12.4. The Kier molecular flexibility index (Phi) is 7.55. The van der Waals surface area contributed by atoms with Crippen molar-refractivity contribution in [3.05, 3.63) is 81.1 Å². The fourth-order valence-corrected chi connectivity index (χ4v) is 5.03. The number of ether oxygens (including phenoxy) is 1. The molecule has 0 aliphatic rings. The Labute approximate surface area is 193 Å². The molecular weight excluding hydrogens is 483 g/mol. The lowest BCUT2D eigenvalue weighted by atomic mass is 10.2. The second-order valence-corrected chi connectivity index (χ2v) is 9.87. The molecule has 1 amide bonds. The summed E-state index contributed by atoms with van der Waals surface area (Å²) in [5.74, 6) is -1.39. The molecule has 3 aromatic rings. The van der Waals surface area contributed by atoms with Crippen LogP contribution < -0.4 is 10.0 Å². The van der Waals surface area contributed by atoms with Crippen LogP contribution in [0.25, 0.3) is 0 Å². The molecule has 0 spiro atoms. The third-order valence-corrected chi connectivity index (χ3v) is 7.33. The van der Waals surface area contributed by atoms with Crippen molar-refractivity contribution in [3.8, 4) is 0 Å². The van der Waals surface area contributed by atoms with E-state index in [1.54, 1.807) is 41.8 Å². The number of esters is 1. The minimum atomic E-state index is -3.84. The standard InChI is InChI=1S/C20H16Cl2N2O5S2/c21-14-8-7-13(16(22)10-14)11-23-18(25)12-29-20(26)15-4-1-2-5-17(15)24-31(27,28)19-6-3-9-30-19/h1-10,24H,11-12H2,(H,23,25). The maximum Gasteiger partial charge on any atom is 0.340 e. The Morgan fingerprint density at radius 1 is 1.03 bits per heavy atom. The number of rotatable bonds is 8. The van der Waals surface area contributed by atoms with Gasteiger partial charge in [-0.1, -0.05) is 47.5 Å². The molecule has 0 unspecified atom stereocenters. The van der Waals surface area contributed by atoms with Gasteiger partial charge in [-0.05, 0) is 41.3 Å². The molecule has 0 saturated heterocycles. The van der Waals surface area contributed by atoms with Crippen LogP contribution in [0.1, 0.15) is 15.9 Å². The Morgan fingerprint density at radius 2 is 1.81 bits per heavy atom. The predicted molar refractivity (Wildman–Crippen MR) is 120 cm³/mol. The van der Waals surface area contributed by atoms with E-state index in [-0.39, 0.29) is 22.0 Å². The van der Waals surface area contributed by atoms with Crippen molar-refractivity contribution in [3.63, 3.8) is 0 Å². The van der Waals surface area contributed by atoms with Gasteiger partial charge in [0.05, 0.1) is 11.3 Å².